The van der Waals surface area contributed by atoms with E-state index in [9.17, 15) is 9.59 Å². The van der Waals surface area contributed by atoms with Crippen LogP contribution in [0.1, 0.15) is 20.7 Å². The molecule has 116 valence electrons. The van der Waals surface area contributed by atoms with Gasteiger partial charge in [0.25, 0.3) is 0 Å². The van der Waals surface area contributed by atoms with E-state index in [1.165, 1.54) is 0 Å². The summed E-state index contributed by atoms with van der Waals surface area (Å²) in [7, 11) is 0. The van der Waals surface area contributed by atoms with Gasteiger partial charge in [-0.3, -0.25) is 4.90 Å². The number of hydrogen-bond acceptors (Lipinski definition) is 7. The van der Waals surface area contributed by atoms with E-state index in [0.29, 0.717) is 30.8 Å². The summed E-state index contributed by atoms with van der Waals surface area (Å²) in [4.78, 5) is 23.5. The number of rotatable bonds is 6. The van der Waals surface area contributed by atoms with Crippen molar-refractivity contribution in [1.29, 1.82) is 0 Å². The van der Waals surface area contributed by atoms with Crippen LogP contribution >= 0.6 is 0 Å². The molecule has 21 heavy (non-hydrogen) atoms. The second kappa shape index (κ2) is 9.19. The molecule has 1 aliphatic rings. The van der Waals surface area contributed by atoms with Crippen molar-refractivity contribution in [1.82, 2.24) is 4.90 Å². The van der Waals surface area contributed by atoms with Crippen molar-refractivity contribution in [3.8, 4) is 0 Å². The molecule has 0 amide bonds. The molecule has 0 saturated heterocycles. The van der Waals surface area contributed by atoms with Crippen molar-refractivity contribution in [3.05, 3.63) is 35.4 Å². The zero-order valence-electron chi connectivity index (χ0n) is 11.6. The van der Waals surface area contributed by atoms with Gasteiger partial charge in [0.05, 0.1) is 30.9 Å². The van der Waals surface area contributed by atoms with E-state index in [0.717, 1.165) is 0 Å². The van der Waals surface area contributed by atoms with Crippen molar-refractivity contribution in [2.75, 3.05) is 39.5 Å². The van der Waals surface area contributed by atoms with Crippen LogP contribution in [0.15, 0.2) is 24.3 Å². The number of aliphatic hydroxyl groups excluding tert-OH is 3. The largest absolute Gasteiger partial charge is 0.395 e. The Bertz CT molecular complexity index is 429. The maximum absolute atomic E-state index is 10.8. The summed E-state index contributed by atoms with van der Waals surface area (Å²) in [6.45, 7) is 1.75. The van der Waals surface area contributed by atoms with Crippen LogP contribution in [0.4, 0.5) is 0 Å². The van der Waals surface area contributed by atoms with E-state index in [4.69, 9.17) is 15.3 Å². The highest BCUT2D eigenvalue weighted by Gasteiger charge is 2.28. The molecular weight excluding hydrogens is 278 g/mol. The van der Waals surface area contributed by atoms with Crippen molar-refractivity contribution < 1.29 is 29.6 Å². The lowest BCUT2D eigenvalue weighted by molar-refractivity contribution is 0.0443. The number of benzene rings is 1. The normalized spacial score (nSPS) is 12.8. The summed E-state index contributed by atoms with van der Waals surface area (Å²) < 4.78 is 4.35. The van der Waals surface area contributed by atoms with Crippen LogP contribution in [-0.4, -0.2) is 71.6 Å². The molecule has 0 fully saturated rings. The number of hydrogen-bond donors (Lipinski definition) is 3. The molecule has 0 bridgehead atoms. The molecular formula is C14H19NO6. The first-order valence-electron chi connectivity index (χ1n) is 6.54. The number of aliphatic hydroxyl groups is 3. The predicted molar refractivity (Wildman–Crippen MR) is 73.9 cm³/mol. The Balaban J connectivity index is 0.000000212. The average Bonchev–Trinajstić information content (AvgIpc) is 2.76. The van der Waals surface area contributed by atoms with E-state index < -0.39 is 11.9 Å². The quantitative estimate of drug-likeness (QED) is 0.469. The summed E-state index contributed by atoms with van der Waals surface area (Å²) >= 11 is 0. The fourth-order valence-electron chi connectivity index (χ4n) is 1.79. The van der Waals surface area contributed by atoms with E-state index in [-0.39, 0.29) is 19.8 Å². The number of carbonyl (C=O) groups excluding carboxylic acids is 2. The van der Waals surface area contributed by atoms with Crippen LogP contribution in [0, 0.1) is 0 Å². The number of fused-ring (bicyclic) bond motifs is 1. The van der Waals surface area contributed by atoms with Gasteiger partial charge in [-0.25, -0.2) is 9.59 Å². The number of nitrogens with zero attached hydrogens (tertiary/aromatic N) is 1. The van der Waals surface area contributed by atoms with Gasteiger partial charge in [0.2, 0.25) is 0 Å². The fraction of sp³-hybridized carbons (Fsp3) is 0.429. The van der Waals surface area contributed by atoms with Crippen LogP contribution in [-0.2, 0) is 4.74 Å². The van der Waals surface area contributed by atoms with Gasteiger partial charge in [-0.05, 0) is 12.1 Å². The third kappa shape index (κ3) is 5.24. The smallest absolute Gasteiger partial charge is 0.346 e. The SMILES string of the molecule is O=C1OC(=O)c2ccccc21.OCCN(CCO)CCO. The van der Waals surface area contributed by atoms with E-state index in [1.807, 2.05) is 0 Å². The minimum absolute atomic E-state index is 0.0694. The number of esters is 2. The lowest BCUT2D eigenvalue weighted by atomic mass is 10.1. The lowest BCUT2D eigenvalue weighted by Crippen LogP contribution is -2.32. The van der Waals surface area contributed by atoms with Crippen LogP contribution in [0.5, 0.6) is 0 Å². The molecule has 0 aromatic heterocycles. The standard InChI is InChI=1S/C8H4O3.C6H15NO3/c9-7-5-3-1-2-4-6(5)8(10)11-7;8-4-1-7(2-5-9)3-6-10/h1-4H;8-10H,1-6H2. The Morgan fingerprint density at radius 1 is 0.810 bits per heavy atom. The van der Waals surface area contributed by atoms with Crippen molar-refractivity contribution >= 4 is 11.9 Å². The van der Waals surface area contributed by atoms with Gasteiger partial charge < -0.3 is 20.1 Å². The first-order valence-corrected chi connectivity index (χ1v) is 6.54. The number of ether oxygens (including phenoxy) is 1. The maximum Gasteiger partial charge on any atom is 0.346 e. The van der Waals surface area contributed by atoms with Crippen LogP contribution < -0.4 is 0 Å². The van der Waals surface area contributed by atoms with Gasteiger partial charge in [0.15, 0.2) is 0 Å². The van der Waals surface area contributed by atoms with E-state index in [1.54, 1.807) is 29.2 Å². The van der Waals surface area contributed by atoms with Gasteiger partial charge in [0, 0.05) is 19.6 Å². The van der Waals surface area contributed by atoms with Crippen LogP contribution in [0.3, 0.4) is 0 Å². The Hall–Kier alpha value is -1.80. The lowest BCUT2D eigenvalue weighted by Gasteiger charge is -2.17. The topological polar surface area (TPSA) is 107 Å². The van der Waals surface area contributed by atoms with Gasteiger partial charge in [-0.1, -0.05) is 12.1 Å². The molecule has 0 unspecified atom stereocenters. The number of carbonyl (C=O) groups is 2. The molecule has 3 N–H and O–H groups in total. The third-order valence-electron chi connectivity index (χ3n) is 2.80. The zero-order chi connectivity index (χ0) is 15.7. The minimum atomic E-state index is -0.550. The Morgan fingerprint density at radius 3 is 1.52 bits per heavy atom. The molecule has 1 heterocycles. The zero-order valence-corrected chi connectivity index (χ0v) is 11.6. The molecule has 0 atom stereocenters. The Kier molecular flexibility index (Phi) is 7.55. The van der Waals surface area contributed by atoms with E-state index in [2.05, 4.69) is 4.74 Å². The van der Waals surface area contributed by atoms with Gasteiger partial charge in [0.1, 0.15) is 0 Å². The van der Waals surface area contributed by atoms with Crippen LogP contribution in [0.25, 0.3) is 0 Å². The van der Waals surface area contributed by atoms with Crippen LogP contribution in [0.2, 0.25) is 0 Å². The van der Waals surface area contributed by atoms with Gasteiger partial charge in [-0.15, -0.1) is 0 Å². The molecule has 0 saturated carbocycles. The highest BCUT2D eigenvalue weighted by Crippen LogP contribution is 2.18. The van der Waals surface area contributed by atoms with Crippen molar-refractivity contribution in [2.24, 2.45) is 0 Å². The second-order valence-corrected chi connectivity index (χ2v) is 4.24. The molecule has 2 rings (SSSR count). The fourth-order valence-corrected chi connectivity index (χ4v) is 1.79. The average molecular weight is 297 g/mol. The first-order chi connectivity index (χ1) is 10.1. The maximum atomic E-state index is 10.8. The minimum Gasteiger partial charge on any atom is -0.395 e. The first kappa shape index (κ1) is 17.3. The Morgan fingerprint density at radius 2 is 1.19 bits per heavy atom. The van der Waals surface area contributed by atoms with Crippen molar-refractivity contribution in [2.45, 2.75) is 0 Å². The van der Waals surface area contributed by atoms with Gasteiger partial charge >= 0.3 is 11.9 Å². The van der Waals surface area contributed by atoms with Gasteiger partial charge in [-0.2, -0.15) is 0 Å². The second-order valence-electron chi connectivity index (χ2n) is 4.24. The summed E-state index contributed by atoms with van der Waals surface area (Å²) in [5.41, 5.74) is 0.718. The summed E-state index contributed by atoms with van der Waals surface area (Å²) in [5, 5.41) is 25.5. The monoisotopic (exact) mass is 297 g/mol. The number of cyclic esters (lactones) is 2. The molecule has 0 radical (unpaired) electrons. The molecule has 7 nitrogen and oxygen atoms in total. The summed E-state index contributed by atoms with van der Waals surface area (Å²) in [5.74, 6) is -1.10. The summed E-state index contributed by atoms with van der Waals surface area (Å²) in [6.07, 6.45) is 0. The Labute approximate surface area is 122 Å². The predicted octanol–water partition coefficient (Wildman–Crippen LogP) is -0.738. The van der Waals surface area contributed by atoms with E-state index >= 15 is 0 Å². The summed E-state index contributed by atoms with van der Waals surface area (Å²) in [6, 6.07) is 6.53. The molecule has 0 aliphatic carbocycles. The molecule has 1 aromatic carbocycles. The molecule has 7 heteroatoms. The third-order valence-corrected chi connectivity index (χ3v) is 2.80. The highest BCUT2D eigenvalue weighted by atomic mass is 16.6. The molecule has 0 spiro atoms. The van der Waals surface area contributed by atoms with Crippen molar-refractivity contribution in [3.63, 3.8) is 0 Å². The molecule has 1 aliphatic heterocycles. The highest BCUT2D eigenvalue weighted by molar-refractivity contribution is 6.14. The molecule has 1 aromatic rings.